The number of hydrogen-bond donors (Lipinski definition) is 0. The van der Waals surface area contributed by atoms with Crippen LogP contribution in [0.5, 0.6) is 0 Å². The Bertz CT molecular complexity index is 361. The molecule has 0 radical (unpaired) electrons. The lowest BCUT2D eigenvalue weighted by Crippen LogP contribution is -2.07. The zero-order chi connectivity index (χ0) is 10.6. The minimum Gasteiger partial charge on any atom is -0.369 e. The summed E-state index contributed by atoms with van der Waals surface area (Å²) in [6.07, 6.45) is 1.53. The van der Waals surface area contributed by atoms with E-state index in [2.05, 4.69) is 4.99 Å². The minimum atomic E-state index is -0.442. The van der Waals surface area contributed by atoms with Crippen LogP contribution in [0.1, 0.15) is 0 Å². The van der Waals surface area contributed by atoms with Gasteiger partial charge in [0.15, 0.2) is 0 Å². The number of aliphatic imine (C=N–C) groups is 1. The van der Waals surface area contributed by atoms with Crippen LogP contribution in [0.15, 0.2) is 29.3 Å². The average molecular weight is 193 g/mol. The second kappa shape index (κ2) is 4.36. The van der Waals surface area contributed by atoms with Crippen LogP contribution in [0.4, 0.5) is 11.4 Å². The third-order valence-corrected chi connectivity index (χ3v) is 1.51. The van der Waals surface area contributed by atoms with E-state index < -0.39 is 4.92 Å². The summed E-state index contributed by atoms with van der Waals surface area (Å²) in [6, 6.07) is 6.38. The lowest BCUT2D eigenvalue weighted by molar-refractivity contribution is -0.384. The molecule has 0 heterocycles. The molecule has 0 aliphatic carbocycles. The molecule has 0 fully saturated rings. The van der Waals surface area contributed by atoms with Gasteiger partial charge >= 0.3 is 0 Å². The summed E-state index contributed by atoms with van der Waals surface area (Å²) < 4.78 is 0. The zero-order valence-electron chi connectivity index (χ0n) is 8.04. The van der Waals surface area contributed by atoms with E-state index in [1.54, 1.807) is 37.2 Å². The van der Waals surface area contributed by atoms with Crippen molar-refractivity contribution < 1.29 is 4.92 Å². The number of benzene rings is 1. The van der Waals surface area contributed by atoms with Gasteiger partial charge in [0.1, 0.15) is 5.69 Å². The molecule has 0 bridgehead atoms. The largest absolute Gasteiger partial charge is 0.369 e. The second-order valence-electron chi connectivity index (χ2n) is 2.95. The highest BCUT2D eigenvalue weighted by Crippen LogP contribution is 2.25. The summed E-state index contributed by atoms with van der Waals surface area (Å²) in [4.78, 5) is 15.8. The van der Waals surface area contributed by atoms with Crippen LogP contribution in [-0.2, 0) is 0 Å². The molecule has 0 unspecified atom stereocenters. The van der Waals surface area contributed by atoms with Gasteiger partial charge in [0, 0.05) is 20.2 Å². The summed E-state index contributed by atoms with van der Waals surface area (Å²) in [5.41, 5.74) is 0.386. The van der Waals surface area contributed by atoms with E-state index in [-0.39, 0.29) is 5.69 Å². The monoisotopic (exact) mass is 193 g/mol. The number of rotatable bonds is 3. The topological polar surface area (TPSA) is 58.7 Å². The Morgan fingerprint density at radius 2 is 2.07 bits per heavy atom. The van der Waals surface area contributed by atoms with Crippen molar-refractivity contribution in [2.24, 2.45) is 4.99 Å². The van der Waals surface area contributed by atoms with Gasteiger partial charge < -0.3 is 4.90 Å². The lowest BCUT2D eigenvalue weighted by atomic mass is 10.3. The molecule has 5 heteroatoms. The van der Waals surface area contributed by atoms with Crippen molar-refractivity contribution in [2.75, 3.05) is 14.1 Å². The first-order chi connectivity index (χ1) is 6.61. The Kier molecular flexibility index (Phi) is 3.17. The molecule has 1 aromatic rings. The summed E-state index contributed by atoms with van der Waals surface area (Å²) in [5.74, 6) is 0. The second-order valence-corrected chi connectivity index (χ2v) is 2.95. The fraction of sp³-hybridized carbons (Fsp3) is 0.222. The van der Waals surface area contributed by atoms with Gasteiger partial charge in [-0.05, 0) is 6.07 Å². The van der Waals surface area contributed by atoms with Crippen LogP contribution in [-0.4, -0.2) is 30.3 Å². The molecule has 0 saturated carbocycles. The van der Waals surface area contributed by atoms with Crippen molar-refractivity contribution in [1.82, 2.24) is 4.90 Å². The number of hydrogen-bond acceptors (Lipinski definition) is 3. The van der Waals surface area contributed by atoms with E-state index in [9.17, 15) is 10.1 Å². The number of para-hydroxylation sites is 2. The molecule has 14 heavy (non-hydrogen) atoms. The molecule has 0 amide bonds. The molecule has 0 aromatic heterocycles. The highest BCUT2D eigenvalue weighted by atomic mass is 16.6. The van der Waals surface area contributed by atoms with Gasteiger partial charge in [-0.3, -0.25) is 10.1 Å². The lowest BCUT2D eigenvalue weighted by Gasteiger charge is -2.02. The Morgan fingerprint density at radius 1 is 1.43 bits per heavy atom. The van der Waals surface area contributed by atoms with E-state index in [1.807, 2.05) is 0 Å². The van der Waals surface area contributed by atoms with Crippen molar-refractivity contribution >= 4 is 17.7 Å². The maximum absolute atomic E-state index is 10.6. The van der Waals surface area contributed by atoms with Gasteiger partial charge in [0.25, 0.3) is 5.69 Å². The number of nitro benzene ring substituents is 1. The van der Waals surface area contributed by atoms with Crippen molar-refractivity contribution in [1.29, 1.82) is 0 Å². The Labute approximate surface area is 81.8 Å². The average Bonchev–Trinajstić information content (AvgIpc) is 2.15. The fourth-order valence-electron chi connectivity index (χ4n) is 0.905. The fourth-order valence-corrected chi connectivity index (χ4v) is 0.905. The number of nitro groups is 1. The molecule has 74 valence electrons. The zero-order valence-corrected chi connectivity index (χ0v) is 8.04. The van der Waals surface area contributed by atoms with Gasteiger partial charge in [0.2, 0.25) is 0 Å². The maximum atomic E-state index is 10.6. The van der Waals surface area contributed by atoms with E-state index >= 15 is 0 Å². The summed E-state index contributed by atoms with van der Waals surface area (Å²) in [5, 5.41) is 10.6. The van der Waals surface area contributed by atoms with E-state index in [4.69, 9.17) is 0 Å². The van der Waals surface area contributed by atoms with Gasteiger partial charge in [-0.25, -0.2) is 4.99 Å². The smallest absolute Gasteiger partial charge is 0.294 e. The third-order valence-electron chi connectivity index (χ3n) is 1.51. The Morgan fingerprint density at radius 3 is 2.64 bits per heavy atom. The molecule has 0 aliphatic rings. The Balaban J connectivity index is 3.02. The van der Waals surface area contributed by atoms with Crippen LogP contribution in [0.3, 0.4) is 0 Å². The van der Waals surface area contributed by atoms with Crippen LogP contribution >= 0.6 is 0 Å². The maximum Gasteiger partial charge on any atom is 0.294 e. The van der Waals surface area contributed by atoms with Crippen LogP contribution in [0.2, 0.25) is 0 Å². The van der Waals surface area contributed by atoms with Crippen LogP contribution < -0.4 is 0 Å². The Hall–Kier alpha value is -1.91. The standard InChI is InChI=1S/C9H11N3O2/c1-11(2)7-10-8-5-3-4-6-9(8)12(13)14/h3-7H,1-2H3. The minimum absolute atomic E-state index is 0.0191. The predicted molar refractivity (Wildman–Crippen MR) is 54.9 cm³/mol. The predicted octanol–water partition coefficient (Wildman–Crippen LogP) is 1.82. The molecule has 0 N–H and O–H groups in total. The van der Waals surface area contributed by atoms with Crippen LogP contribution in [0, 0.1) is 10.1 Å². The third kappa shape index (κ3) is 2.55. The molecule has 0 aliphatic heterocycles. The summed E-state index contributed by atoms with van der Waals surface area (Å²) in [7, 11) is 3.61. The summed E-state index contributed by atoms with van der Waals surface area (Å²) >= 11 is 0. The van der Waals surface area contributed by atoms with Gasteiger partial charge in [-0.2, -0.15) is 0 Å². The first-order valence-corrected chi connectivity index (χ1v) is 4.05. The van der Waals surface area contributed by atoms with Crippen LogP contribution in [0.25, 0.3) is 0 Å². The summed E-state index contributed by atoms with van der Waals surface area (Å²) in [6.45, 7) is 0. The van der Waals surface area contributed by atoms with Crippen molar-refractivity contribution in [2.45, 2.75) is 0 Å². The molecule has 1 aromatic carbocycles. The molecular weight excluding hydrogens is 182 g/mol. The SMILES string of the molecule is CN(C)C=Nc1ccccc1[N+](=O)[O-]. The first-order valence-electron chi connectivity index (χ1n) is 4.05. The number of nitrogens with zero attached hydrogens (tertiary/aromatic N) is 3. The van der Waals surface area contributed by atoms with Crippen molar-refractivity contribution in [3.8, 4) is 0 Å². The van der Waals surface area contributed by atoms with Crippen molar-refractivity contribution in [3.63, 3.8) is 0 Å². The normalized spacial score (nSPS) is 10.4. The molecular formula is C9H11N3O2. The van der Waals surface area contributed by atoms with E-state index in [1.165, 1.54) is 12.4 Å². The highest BCUT2D eigenvalue weighted by molar-refractivity contribution is 5.66. The first kappa shape index (κ1) is 10.2. The van der Waals surface area contributed by atoms with E-state index in [0.717, 1.165) is 0 Å². The quantitative estimate of drug-likeness (QED) is 0.318. The highest BCUT2D eigenvalue weighted by Gasteiger charge is 2.10. The van der Waals surface area contributed by atoms with Gasteiger partial charge in [0.05, 0.1) is 11.3 Å². The molecule has 0 saturated heterocycles. The molecule has 0 atom stereocenters. The van der Waals surface area contributed by atoms with Crippen molar-refractivity contribution in [3.05, 3.63) is 34.4 Å². The van der Waals surface area contributed by atoms with E-state index in [0.29, 0.717) is 5.69 Å². The molecule has 0 spiro atoms. The molecule has 1 rings (SSSR count). The van der Waals surface area contributed by atoms with Gasteiger partial charge in [-0.1, -0.05) is 12.1 Å². The molecule has 5 nitrogen and oxygen atoms in total. The van der Waals surface area contributed by atoms with Gasteiger partial charge in [-0.15, -0.1) is 0 Å².